The van der Waals surface area contributed by atoms with Gasteiger partial charge in [-0.05, 0) is 18.2 Å². The molecule has 0 fully saturated rings. The van der Waals surface area contributed by atoms with Crippen LogP contribution in [0.25, 0.3) is 11.1 Å². The molecule has 1 aliphatic carbocycles. The van der Waals surface area contributed by atoms with Gasteiger partial charge in [0.15, 0.2) is 5.76 Å². The topological polar surface area (TPSA) is 109 Å². The van der Waals surface area contributed by atoms with E-state index >= 15 is 0 Å². The van der Waals surface area contributed by atoms with Crippen molar-refractivity contribution >= 4 is 40.1 Å². The molecule has 10 heteroatoms. The van der Waals surface area contributed by atoms with Crippen molar-refractivity contribution in [3.05, 3.63) is 79.0 Å². The smallest absolute Gasteiger partial charge is 0.320 e. The van der Waals surface area contributed by atoms with Crippen LogP contribution in [0.2, 0.25) is 0 Å². The molecule has 3 rings (SSSR count). The lowest BCUT2D eigenvalue weighted by Gasteiger charge is -2.16. The number of nitrogens with zero attached hydrogens (tertiary/aromatic N) is 3. The van der Waals surface area contributed by atoms with Gasteiger partial charge in [-0.2, -0.15) is 0 Å². The van der Waals surface area contributed by atoms with Crippen LogP contribution in [0.5, 0.6) is 0 Å². The Morgan fingerprint density at radius 1 is 1.12 bits per heavy atom. The second-order valence-electron chi connectivity index (χ2n) is 5.47. The highest BCUT2D eigenvalue weighted by Crippen LogP contribution is 2.30. The van der Waals surface area contributed by atoms with Crippen molar-refractivity contribution in [3.8, 4) is 0 Å². The molecule has 0 amide bonds. The van der Waals surface area contributed by atoms with Crippen molar-refractivity contribution in [1.29, 1.82) is 0 Å². The van der Waals surface area contributed by atoms with Crippen LogP contribution in [0.15, 0.2) is 58.2 Å². The van der Waals surface area contributed by atoms with E-state index in [1.54, 1.807) is 23.7 Å². The highest BCUT2D eigenvalue weighted by Gasteiger charge is 2.29. The third kappa shape index (κ3) is 2.94. The first-order valence-corrected chi connectivity index (χ1v) is 7.90. The van der Waals surface area contributed by atoms with Gasteiger partial charge in [-0.3, -0.25) is 20.1 Å². The maximum atomic E-state index is 11.7. The van der Waals surface area contributed by atoms with Crippen LogP contribution in [0.3, 0.4) is 0 Å². The number of rotatable bonds is 1. The van der Waals surface area contributed by atoms with Crippen molar-refractivity contribution in [2.75, 3.05) is 0 Å². The molecule has 0 saturated heterocycles. The summed E-state index contributed by atoms with van der Waals surface area (Å²) >= 11 is 12.3. The SMILES string of the molecule is Cn1c(=C2C=C(O)C(=O)C([N+](=O)[O-])=C2)ccc1=C1C(Cl)=CN(O)C=C1Cl. The Labute approximate surface area is 156 Å². The molecule has 2 heterocycles. The second-order valence-corrected chi connectivity index (χ2v) is 6.29. The number of Topliss-reactive ketones (excluding diaryl/α,β-unsaturated/α-hetero) is 1. The molecule has 2 aliphatic rings. The molecule has 8 nitrogen and oxygen atoms in total. The first-order valence-electron chi connectivity index (χ1n) is 7.15. The Balaban J connectivity index is 2.32. The van der Waals surface area contributed by atoms with E-state index in [2.05, 4.69) is 0 Å². The molecule has 134 valence electrons. The number of halogens is 2. The molecule has 0 aromatic carbocycles. The van der Waals surface area contributed by atoms with Crippen LogP contribution < -0.4 is 10.7 Å². The first-order chi connectivity index (χ1) is 12.2. The minimum Gasteiger partial charge on any atom is -0.504 e. The van der Waals surface area contributed by atoms with E-state index in [4.69, 9.17) is 23.2 Å². The van der Waals surface area contributed by atoms with E-state index < -0.39 is 22.2 Å². The Hall–Kier alpha value is -2.81. The number of ketones is 1. The Morgan fingerprint density at radius 2 is 1.69 bits per heavy atom. The Kier molecular flexibility index (Phi) is 4.49. The van der Waals surface area contributed by atoms with E-state index in [9.17, 15) is 25.2 Å². The number of hydroxylamine groups is 2. The van der Waals surface area contributed by atoms with Gasteiger partial charge in [-0.15, -0.1) is 0 Å². The third-order valence-corrected chi connectivity index (χ3v) is 4.46. The van der Waals surface area contributed by atoms with Gasteiger partial charge in [0.2, 0.25) is 0 Å². The Morgan fingerprint density at radius 3 is 2.27 bits per heavy atom. The molecule has 0 saturated carbocycles. The van der Waals surface area contributed by atoms with Gasteiger partial charge in [0.05, 0.1) is 32.7 Å². The van der Waals surface area contributed by atoms with Crippen LogP contribution >= 0.6 is 23.2 Å². The summed E-state index contributed by atoms with van der Waals surface area (Å²) in [4.78, 5) is 21.8. The van der Waals surface area contributed by atoms with Gasteiger partial charge in [0.1, 0.15) is 0 Å². The van der Waals surface area contributed by atoms with Crippen molar-refractivity contribution in [1.82, 2.24) is 9.63 Å². The van der Waals surface area contributed by atoms with Crippen LogP contribution in [0.4, 0.5) is 0 Å². The van der Waals surface area contributed by atoms with E-state index in [1.807, 2.05) is 0 Å². The van der Waals surface area contributed by atoms with Gasteiger partial charge in [0.25, 0.3) is 5.78 Å². The van der Waals surface area contributed by atoms with Crippen molar-refractivity contribution < 1.29 is 20.0 Å². The largest absolute Gasteiger partial charge is 0.504 e. The van der Waals surface area contributed by atoms with Crippen LogP contribution in [0.1, 0.15) is 0 Å². The van der Waals surface area contributed by atoms with E-state index in [0.717, 1.165) is 17.2 Å². The average molecular weight is 396 g/mol. The quantitative estimate of drug-likeness (QED) is 0.549. The van der Waals surface area contributed by atoms with Crippen molar-refractivity contribution in [3.63, 3.8) is 0 Å². The van der Waals surface area contributed by atoms with Crippen LogP contribution in [-0.4, -0.2) is 30.7 Å². The fraction of sp³-hybridized carbons (Fsp3) is 0.0625. The molecule has 0 unspecified atom stereocenters. The fourth-order valence-electron chi connectivity index (χ4n) is 2.69. The zero-order valence-electron chi connectivity index (χ0n) is 13.2. The third-order valence-electron chi connectivity index (χ3n) is 3.89. The number of hydrogen-bond donors (Lipinski definition) is 2. The van der Waals surface area contributed by atoms with Gasteiger partial charge in [-0.1, -0.05) is 23.2 Å². The Bertz CT molecular complexity index is 1070. The number of aliphatic hydroxyl groups is 1. The summed E-state index contributed by atoms with van der Waals surface area (Å²) in [7, 11) is 1.67. The van der Waals surface area contributed by atoms with E-state index in [1.165, 1.54) is 12.4 Å². The maximum Gasteiger partial charge on any atom is 0.320 e. The normalized spacial score (nSPS) is 19.8. The summed E-state index contributed by atoms with van der Waals surface area (Å²) in [5.74, 6) is -1.76. The van der Waals surface area contributed by atoms with Gasteiger partial charge in [0, 0.05) is 29.6 Å². The summed E-state index contributed by atoms with van der Waals surface area (Å²) < 4.78 is 1.65. The zero-order valence-corrected chi connectivity index (χ0v) is 14.7. The molecule has 1 aromatic rings. The fourth-order valence-corrected chi connectivity index (χ4v) is 3.34. The summed E-state index contributed by atoms with van der Waals surface area (Å²) in [6, 6.07) is 3.32. The molecular formula is C16H11Cl2N3O5. The van der Waals surface area contributed by atoms with E-state index in [-0.39, 0.29) is 15.6 Å². The highest BCUT2D eigenvalue weighted by atomic mass is 35.5. The summed E-state index contributed by atoms with van der Waals surface area (Å²) in [6.07, 6.45) is 4.78. The zero-order chi connectivity index (χ0) is 19.2. The number of carbonyl (C=O) groups excluding carboxylic acids is 1. The average Bonchev–Trinajstić information content (AvgIpc) is 2.90. The second kappa shape index (κ2) is 6.49. The number of hydrogen-bond acceptors (Lipinski definition) is 6. The lowest BCUT2D eigenvalue weighted by atomic mass is 10.0. The molecule has 1 aliphatic heterocycles. The molecule has 0 bridgehead atoms. The number of aromatic nitrogens is 1. The molecule has 26 heavy (non-hydrogen) atoms. The standard InChI is InChI=1S/C16H11Cl2N3O5/c1-19-11(8-4-13(21(25)26)16(23)14(22)5-8)2-3-12(19)15-9(17)6-20(24)7-10(15)18/h2-7,22,24H,1H3. The number of aliphatic hydroxyl groups excluding tert-OH is 1. The summed E-state index contributed by atoms with van der Waals surface area (Å²) in [5, 5.41) is 32.4. The van der Waals surface area contributed by atoms with E-state index in [0.29, 0.717) is 16.3 Å². The minimum atomic E-state index is -1.05. The van der Waals surface area contributed by atoms with Crippen molar-refractivity contribution in [2.45, 2.75) is 0 Å². The van der Waals surface area contributed by atoms with Crippen LogP contribution in [-0.2, 0) is 11.8 Å². The highest BCUT2D eigenvalue weighted by molar-refractivity contribution is 6.44. The summed E-state index contributed by atoms with van der Waals surface area (Å²) in [6.45, 7) is 0. The van der Waals surface area contributed by atoms with Crippen LogP contribution in [0, 0.1) is 10.1 Å². The number of allylic oxidation sites excluding steroid dienone is 4. The predicted octanol–water partition coefficient (Wildman–Crippen LogP) is 1.38. The van der Waals surface area contributed by atoms with Gasteiger partial charge in [-0.25, -0.2) is 5.06 Å². The lowest BCUT2D eigenvalue weighted by Crippen LogP contribution is -2.28. The minimum absolute atomic E-state index is 0.191. The van der Waals surface area contributed by atoms with Gasteiger partial charge < -0.3 is 9.67 Å². The predicted molar refractivity (Wildman–Crippen MR) is 93.8 cm³/mol. The maximum absolute atomic E-state index is 11.7. The van der Waals surface area contributed by atoms with Gasteiger partial charge >= 0.3 is 5.70 Å². The lowest BCUT2D eigenvalue weighted by molar-refractivity contribution is -0.418. The molecule has 0 spiro atoms. The molecule has 2 N–H and O–H groups in total. The molecule has 0 atom stereocenters. The summed E-state index contributed by atoms with van der Waals surface area (Å²) in [5.41, 5.74) is 0.00865. The molecule has 1 aromatic heterocycles. The van der Waals surface area contributed by atoms with Crippen molar-refractivity contribution in [2.24, 2.45) is 7.05 Å². The number of nitro groups is 1. The monoisotopic (exact) mass is 395 g/mol. The molecular weight excluding hydrogens is 385 g/mol. The number of carbonyl (C=O) groups is 1. The first kappa shape index (κ1) is 18.0. The molecule has 0 radical (unpaired) electrons.